The summed E-state index contributed by atoms with van der Waals surface area (Å²) < 4.78 is 11.2. The Morgan fingerprint density at radius 1 is 0.973 bits per heavy atom. The van der Waals surface area contributed by atoms with Crippen LogP contribution < -0.4 is 10.1 Å². The fraction of sp³-hybridized carbons (Fsp3) is 0.355. The number of carbonyl (C=O) groups is 1. The van der Waals surface area contributed by atoms with Gasteiger partial charge >= 0.3 is 0 Å². The van der Waals surface area contributed by atoms with Crippen LogP contribution in [0.3, 0.4) is 0 Å². The van der Waals surface area contributed by atoms with Crippen molar-refractivity contribution < 1.29 is 19.1 Å². The molecule has 0 radical (unpaired) electrons. The molecule has 1 amide bonds. The SMILES string of the molecule is Cc1ccc(CON=C(Cc2ccccc2)c2ccc(OCC(=O)NCC3CCOCC3)c(C)c2)cc1. The van der Waals surface area contributed by atoms with Crippen LogP contribution in [0.2, 0.25) is 0 Å². The highest BCUT2D eigenvalue weighted by Crippen LogP contribution is 2.21. The first-order valence-electron chi connectivity index (χ1n) is 12.9. The lowest BCUT2D eigenvalue weighted by atomic mass is 10.0. The lowest BCUT2D eigenvalue weighted by molar-refractivity contribution is -0.123. The second-order valence-corrected chi connectivity index (χ2v) is 9.59. The van der Waals surface area contributed by atoms with Crippen LogP contribution in [0.1, 0.15) is 40.7 Å². The number of carbonyl (C=O) groups excluding carboxylic acids is 1. The van der Waals surface area contributed by atoms with E-state index in [-0.39, 0.29) is 12.5 Å². The van der Waals surface area contributed by atoms with E-state index in [4.69, 9.17) is 14.3 Å². The second kappa shape index (κ2) is 13.6. The van der Waals surface area contributed by atoms with Crippen molar-refractivity contribution >= 4 is 11.6 Å². The Kier molecular flexibility index (Phi) is 9.72. The fourth-order valence-electron chi connectivity index (χ4n) is 4.24. The number of aryl methyl sites for hydroxylation is 2. The third-order valence-corrected chi connectivity index (χ3v) is 6.54. The van der Waals surface area contributed by atoms with Crippen LogP contribution >= 0.6 is 0 Å². The van der Waals surface area contributed by atoms with E-state index >= 15 is 0 Å². The minimum absolute atomic E-state index is 0.00592. The maximum absolute atomic E-state index is 12.3. The van der Waals surface area contributed by atoms with Crippen molar-refractivity contribution in [1.29, 1.82) is 0 Å². The molecule has 1 N–H and O–H groups in total. The molecule has 0 saturated carbocycles. The van der Waals surface area contributed by atoms with Crippen molar-refractivity contribution in [2.24, 2.45) is 11.1 Å². The van der Waals surface area contributed by atoms with Crippen LogP contribution in [0.25, 0.3) is 0 Å². The molecule has 0 atom stereocenters. The molecule has 6 nitrogen and oxygen atoms in total. The first-order valence-corrected chi connectivity index (χ1v) is 12.9. The van der Waals surface area contributed by atoms with Gasteiger partial charge in [-0.15, -0.1) is 0 Å². The number of amides is 1. The van der Waals surface area contributed by atoms with E-state index in [2.05, 4.69) is 53.8 Å². The molecule has 0 aliphatic carbocycles. The third kappa shape index (κ3) is 8.46. The largest absolute Gasteiger partial charge is 0.484 e. The molecular weight excluding hydrogens is 464 g/mol. The molecule has 1 saturated heterocycles. The number of hydrogen-bond donors (Lipinski definition) is 1. The van der Waals surface area contributed by atoms with Gasteiger partial charge in [-0.1, -0.05) is 65.3 Å². The Hall–Kier alpha value is -3.64. The monoisotopic (exact) mass is 500 g/mol. The van der Waals surface area contributed by atoms with Crippen LogP contribution in [0, 0.1) is 19.8 Å². The van der Waals surface area contributed by atoms with E-state index in [1.807, 2.05) is 43.3 Å². The molecule has 0 bridgehead atoms. The molecule has 3 aromatic rings. The van der Waals surface area contributed by atoms with E-state index in [0.717, 1.165) is 54.0 Å². The number of nitrogens with one attached hydrogen (secondary N) is 1. The van der Waals surface area contributed by atoms with Crippen LogP contribution in [0.4, 0.5) is 0 Å². The molecule has 0 aromatic heterocycles. The summed E-state index contributed by atoms with van der Waals surface area (Å²) in [5.41, 5.74) is 6.17. The Labute approximate surface area is 219 Å². The number of rotatable bonds is 11. The summed E-state index contributed by atoms with van der Waals surface area (Å²) in [5.74, 6) is 1.06. The highest BCUT2D eigenvalue weighted by Gasteiger charge is 2.15. The quantitative estimate of drug-likeness (QED) is 0.283. The van der Waals surface area contributed by atoms with Gasteiger partial charge in [0.2, 0.25) is 0 Å². The molecule has 1 aliphatic heterocycles. The zero-order valence-corrected chi connectivity index (χ0v) is 21.7. The van der Waals surface area contributed by atoms with Gasteiger partial charge in [-0.2, -0.15) is 0 Å². The summed E-state index contributed by atoms with van der Waals surface area (Å²) in [7, 11) is 0. The molecule has 0 unspecified atom stereocenters. The fourth-order valence-corrected chi connectivity index (χ4v) is 4.24. The van der Waals surface area contributed by atoms with Crippen molar-refractivity contribution in [1.82, 2.24) is 5.32 Å². The molecule has 0 spiro atoms. The topological polar surface area (TPSA) is 69.2 Å². The van der Waals surface area contributed by atoms with Crippen molar-refractivity contribution in [3.8, 4) is 5.75 Å². The van der Waals surface area contributed by atoms with Crippen molar-refractivity contribution in [2.45, 2.75) is 39.7 Å². The molecule has 37 heavy (non-hydrogen) atoms. The normalized spacial score (nSPS) is 14.3. The summed E-state index contributed by atoms with van der Waals surface area (Å²) in [6.07, 6.45) is 2.62. The number of benzene rings is 3. The highest BCUT2D eigenvalue weighted by molar-refractivity contribution is 6.01. The Morgan fingerprint density at radius 2 is 1.73 bits per heavy atom. The summed E-state index contributed by atoms with van der Waals surface area (Å²) in [5, 5.41) is 7.51. The average Bonchev–Trinajstić information content (AvgIpc) is 2.93. The molecule has 3 aromatic carbocycles. The van der Waals surface area contributed by atoms with Crippen molar-refractivity contribution in [2.75, 3.05) is 26.4 Å². The first kappa shape index (κ1) is 26.4. The Bertz CT molecular complexity index is 1170. The number of hydrogen-bond acceptors (Lipinski definition) is 5. The minimum atomic E-state index is -0.106. The maximum Gasteiger partial charge on any atom is 0.257 e. The second-order valence-electron chi connectivity index (χ2n) is 9.59. The summed E-state index contributed by atoms with van der Waals surface area (Å²) in [6.45, 7) is 6.66. The molecule has 4 rings (SSSR count). The van der Waals surface area contributed by atoms with Gasteiger partial charge in [0.1, 0.15) is 12.4 Å². The molecular formula is C31H36N2O4. The third-order valence-electron chi connectivity index (χ3n) is 6.54. The average molecular weight is 501 g/mol. The number of oxime groups is 1. The lowest BCUT2D eigenvalue weighted by Crippen LogP contribution is -2.35. The van der Waals surface area contributed by atoms with Crippen LogP contribution in [-0.4, -0.2) is 38.0 Å². The van der Waals surface area contributed by atoms with Gasteiger partial charge in [0.15, 0.2) is 6.61 Å². The van der Waals surface area contributed by atoms with Gasteiger partial charge < -0.3 is 19.6 Å². The Balaban J connectivity index is 1.38. The smallest absolute Gasteiger partial charge is 0.257 e. The van der Waals surface area contributed by atoms with Gasteiger partial charge in [-0.05, 0) is 67.5 Å². The van der Waals surface area contributed by atoms with Crippen LogP contribution in [0.15, 0.2) is 78.0 Å². The zero-order valence-electron chi connectivity index (χ0n) is 21.7. The van der Waals surface area contributed by atoms with Gasteiger partial charge in [0, 0.05) is 31.7 Å². The molecule has 1 heterocycles. The predicted molar refractivity (Wildman–Crippen MR) is 146 cm³/mol. The number of nitrogens with zero attached hydrogens (tertiary/aromatic N) is 1. The van der Waals surface area contributed by atoms with Gasteiger partial charge in [0.25, 0.3) is 5.91 Å². The molecule has 194 valence electrons. The highest BCUT2D eigenvalue weighted by atomic mass is 16.6. The van der Waals surface area contributed by atoms with Crippen LogP contribution in [0.5, 0.6) is 5.75 Å². The van der Waals surface area contributed by atoms with Gasteiger partial charge in [0.05, 0.1) is 5.71 Å². The minimum Gasteiger partial charge on any atom is -0.484 e. The summed E-state index contributed by atoms with van der Waals surface area (Å²) in [4.78, 5) is 18.1. The lowest BCUT2D eigenvalue weighted by Gasteiger charge is -2.22. The van der Waals surface area contributed by atoms with E-state index in [0.29, 0.717) is 31.2 Å². The maximum atomic E-state index is 12.3. The van der Waals surface area contributed by atoms with E-state index < -0.39 is 0 Å². The van der Waals surface area contributed by atoms with Crippen molar-refractivity contribution in [3.05, 3.63) is 101 Å². The number of ether oxygens (including phenoxy) is 2. The predicted octanol–water partition coefficient (Wildman–Crippen LogP) is 5.39. The van der Waals surface area contributed by atoms with Crippen molar-refractivity contribution in [3.63, 3.8) is 0 Å². The van der Waals surface area contributed by atoms with Crippen LogP contribution in [-0.2, 0) is 27.4 Å². The van der Waals surface area contributed by atoms with E-state index in [1.54, 1.807) is 0 Å². The molecule has 1 aliphatic rings. The first-order chi connectivity index (χ1) is 18.1. The Morgan fingerprint density at radius 3 is 2.46 bits per heavy atom. The molecule has 6 heteroatoms. The van der Waals surface area contributed by atoms with E-state index in [1.165, 1.54) is 5.56 Å². The zero-order chi connectivity index (χ0) is 25.9. The van der Waals surface area contributed by atoms with E-state index in [9.17, 15) is 4.79 Å². The standard InChI is InChI=1S/C31H36N2O4/c1-23-8-10-27(11-9-23)21-37-33-29(19-25-6-4-3-5-7-25)28-12-13-30(24(2)18-28)36-22-31(34)32-20-26-14-16-35-17-15-26/h3-13,18,26H,14-17,19-22H2,1-2H3,(H,32,34). The summed E-state index contributed by atoms with van der Waals surface area (Å²) in [6, 6.07) is 24.4. The summed E-state index contributed by atoms with van der Waals surface area (Å²) >= 11 is 0. The molecule has 1 fully saturated rings. The van der Waals surface area contributed by atoms with Gasteiger partial charge in [-0.25, -0.2) is 0 Å². The van der Waals surface area contributed by atoms with Gasteiger partial charge in [-0.3, -0.25) is 4.79 Å².